The summed E-state index contributed by atoms with van der Waals surface area (Å²) in [5.41, 5.74) is 1.74. The first-order valence-corrected chi connectivity index (χ1v) is 12.5. The molecule has 4 rings (SSSR count). The van der Waals surface area contributed by atoms with E-state index in [1.165, 1.54) is 18.4 Å². The van der Waals surface area contributed by atoms with Gasteiger partial charge in [0.25, 0.3) is 0 Å². The summed E-state index contributed by atoms with van der Waals surface area (Å²) in [6.07, 6.45) is 7.56. The van der Waals surface area contributed by atoms with Gasteiger partial charge >= 0.3 is 10.2 Å². The van der Waals surface area contributed by atoms with Crippen molar-refractivity contribution in [2.24, 2.45) is 0 Å². The van der Waals surface area contributed by atoms with E-state index in [9.17, 15) is 19.4 Å². The van der Waals surface area contributed by atoms with Crippen LogP contribution in [-0.4, -0.2) is 26.6 Å². The highest BCUT2D eigenvalue weighted by molar-refractivity contribution is 8.45. The maximum atomic E-state index is 12.8. The third kappa shape index (κ3) is 7.39. The molecule has 0 atom stereocenters. The number of rotatable bonds is 11. The van der Waals surface area contributed by atoms with Gasteiger partial charge in [-0.25, -0.2) is 4.98 Å². The van der Waals surface area contributed by atoms with Crippen LogP contribution in [0.1, 0.15) is 22.7 Å². The minimum absolute atomic E-state index is 0.129. The Balaban J connectivity index is 1.23. The van der Waals surface area contributed by atoms with Crippen LogP contribution in [0.3, 0.4) is 0 Å². The third-order valence-corrected chi connectivity index (χ3v) is 5.99. The van der Waals surface area contributed by atoms with Gasteiger partial charge in [0.1, 0.15) is 29.2 Å². The van der Waals surface area contributed by atoms with Gasteiger partial charge in [0, 0.05) is 12.3 Å². The molecule has 0 spiro atoms. The fraction of sp³-hybridized carbons (Fsp3) is 0.174. The molecule has 0 saturated heterocycles. The molecule has 0 N–H and O–H groups in total. The van der Waals surface area contributed by atoms with E-state index in [0.29, 0.717) is 43.3 Å². The van der Waals surface area contributed by atoms with Crippen molar-refractivity contribution in [2.45, 2.75) is 24.7 Å². The number of benzene rings is 2. The molecular weight excluding hydrogens is 507 g/mol. The van der Waals surface area contributed by atoms with Crippen LogP contribution in [0.25, 0.3) is 12.2 Å². The molecule has 0 radical (unpaired) electrons. The number of ether oxygens (including phenoxy) is 2. The summed E-state index contributed by atoms with van der Waals surface area (Å²) in [4.78, 5) is 2.27. The van der Waals surface area contributed by atoms with Gasteiger partial charge in [0.05, 0.1) is 26.0 Å². The van der Waals surface area contributed by atoms with Crippen LogP contribution in [0.2, 0.25) is 0 Å². The van der Waals surface area contributed by atoms with E-state index in [2.05, 4.69) is 15.3 Å². The maximum absolute atomic E-state index is 12.8. The van der Waals surface area contributed by atoms with Crippen molar-refractivity contribution in [3.63, 3.8) is 0 Å². The zero-order valence-corrected chi connectivity index (χ0v) is 19.5. The average molecular weight is 529 g/mol. The molecule has 0 aliphatic rings. The molecule has 2 aromatic heterocycles. The first-order chi connectivity index (χ1) is 16.9. The van der Waals surface area contributed by atoms with Crippen LogP contribution in [0.15, 0.2) is 76.5 Å². The van der Waals surface area contributed by atoms with Gasteiger partial charge < -0.3 is 13.9 Å². The number of aromatic nitrogens is 4. The van der Waals surface area contributed by atoms with E-state index in [1.807, 2.05) is 12.1 Å². The molecule has 0 amide bonds. The summed E-state index contributed by atoms with van der Waals surface area (Å²) in [7, 11) is -9.69. The molecule has 4 aromatic rings. The second-order valence-electron chi connectivity index (χ2n) is 7.70. The van der Waals surface area contributed by atoms with Crippen LogP contribution >= 0.6 is 10.2 Å². The van der Waals surface area contributed by atoms with Gasteiger partial charge in [0.2, 0.25) is 5.89 Å². The fourth-order valence-electron chi connectivity index (χ4n) is 3.01. The van der Waals surface area contributed by atoms with E-state index in [4.69, 9.17) is 13.9 Å². The second kappa shape index (κ2) is 9.39. The number of nitrogens with zero attached hydrogens (tertiary/aromatic N) is 4. The van der Waals surface area contributed by atoms with Crippen LogP contribution in [0.4, 0.5) is 19.4 Å². The predicted octanol–water partition coefficient (Wildman–Crippen LogP) is 6.89. The van der Waals surface area contributed by atoms with Crippen molar-refractivity contribution in [2.75, 3.05) is 6.61 Å². The fourth-order valence-corrected chi connectivity index (χ4v) is 3.66. The van der Waals surface area contributed by atoms with E-state index in [1.54, 1.807) is 29.2 Å². The van der Waals surface area contributed by atoms with Crippen molar-refractivity contribution < 1.29 is 33.3 Å². The normalized spacial score (nSPS) is 14.0. The van der Waals surface area contributed by atoms with Crippen molar-refractivity contribution in [1.82, 2.24) is 20.0 Å². The topological polar surface area (TPSA) is 75.2 Å². The lowest BCUT2D eigenvalue weighted by molar-refractivity contribution is 0.110. The van der Waals surface area contributed by atoms with Gasteiger partial charge in [-0.3, -0.25) is 4.68 Å². The van der Waals surface area contributed by atoms with Gasteiger partial charge in [-0.15, -0.1) is 5.10 Å². The van der Waals surface area contributed by atoms with Crippen LogP contribution in [0, 0.1) is 0 Å². The molecule has 0 bridgehead atoms. The molecule has 0 unspecified atom stereocenters. The van der Waals surface area contributed by atoms with E-state index in [0.717, 1.165) is 17.7 Å². The minimum Gasteiger partial charge on any atom is -0.487 e. The molecule has 0 fully saturated rings. The molecule has 192 valence electrons. The first kappa shape index (κ1) is 25.4. The molecule has 0 saturated carbocycles. The van der Waals surface area contributed by atoms with Crippen molar-refractivity contribution in [3.8, 4) is 5.75 Å². The highest BCUT2D eigenvalue weighted by Gasteiger charge is 2.65. The van der Waals surface area contributed by atoms with E-state index in [-0.39, 0.29) is 18.1 Å². The van der Waals surface area contributed by atoms with Gasteiger partial charge in [-0.05, 0) is 41.5 Å². The molecule has 13 heteroatoms. The Morgan fingerprint density at radius 1 is 0.917 bits per heavy atom. The highest BCUT2D eigenvalue weighted by atomic mass is 32.5. The Kier molecular flexibility index (Phi) is 6.62. The molecule has 0 aliphatic heterocycles. The van der Waals surface area contributed by atoms with Gasteiger partial charge in [0.15, 0.2) is 0 Å². The monoisotopic (exact) mass is 528 g/mol. The van der Waals surface area contributed by atoms with Gasteiger partial charge in [-0.2, -0.15) is 0 Å². The smallest absolute Gasteiger partial charge is 0.310 e. The average Bonchev–Trinajstić information content (AvgIpc) is 3.51. The molecule has 2 aromatic carbocycles. The summed E-state index contributed by atoms with van der Waals surface area (Å²) in [5, 5.41) is 7.58. The molecule has 36 heavy (non-hydrogen) atoms. The Morgan fingerprint density at radius 2 is 1.67 bits per heavy atom. The summed E-state index contributed by atoms with van der Waals surface area (Å²) in [5.74, 6) is 0.800. The standard InChI is InChI=1S/C23H21F5N4O3S/c24-36(25,26,27,28)22-8-3-18(4-9-22)5-10-23-30-20(17-35-23)16-34-21-6-1-19(2-7-21)15-33-14-13-32-12-11-29-31-32/h1-12,17H,13-16H2. The van der Waals surface area contributed by atoms with Gasteiger partial charge in [-0.1, -0.05) is 48.9 Å². The minimum atomic E-state index is -9.69. The highest BCUT2D eigenvalue weighted by Crippen LogP contribution is 3.02. The number of hydrogen-bond donors (Lipinski definition) is 0. The van der Waals surface area contributed by atoms with Crippen LogP contribution in [0.5, 0.6) is 5.75 Å². The zero-order chi connectivity index (χ0) is 25.7. The summed E-state index contributed by atoms with van der Waals surface area (Å²) >= 11 is 0. The van der Waals surface area contributed by atoms with Crippen molar-refractivity contribution in [3.05, 3.63) is 89.9 Å². The zero-order valence-electron chi connectivity index (χ0n) is 18.6. The summed E-state index contributed by atoms with van der Waals surface area (Å²) in [6, 6.07) is 9.96. The quantitative estimate of drug-likeness (QED) is 0.156. The lowest BCUT2D eigenvalue weighted by atomic mass is 10.2. The number of hydrogen-bond acceptors (Lipinski definition) is 6. The SMILES string of the molecule is FS(F)(F)(F)(F)c1ccc(C=Cc2nc(COc3ccc(COCCn4ccnn4)cc3)co2)cc1. The predicted molar refractivity (Wildman–Crippen MR) is 124 cm³/mol. The Bertz CT molecular complexity index is 1310. The number of oxazole rings is 1. The van der Waals surface area contributed by atoms with Crippen LogP contribution < -0.4 is 4.74 Å². The molecular formula is C23H21F5N4O3S. The van der Waals surface area contributed by atoms with Crippen LogP contribution in [-0.2, 0) is 24.5 Å². The third-order valence-electron chi connectivity index (χ3n) is 4.83. The van der Waals surface area contributed by atoms with Crippen molar-refractivity contribution >= 4 is 22.4 Å². The Labute approximate surface area is 202 Å². The molecule has 2 heterocycles. The first-order valence-electron chi connectivity index (χ1n) is 10.5. The Hall–Kier alpha value is -3.71. The summed E-state index contributed by atoms with van der Waals surface area (Å²) in [6.45, 7) is 1.68. The maximum Gasteiger partial charge on any atom is 0.310 e. The van der Waals surface area contributed by atoms with Crippen molar-refractivity contribution in [1.29, 1.82) is 0 Å². The molecule has 7 nitrogen and oxygen atoms in total. The lowest BCUT2D eigenvalue weighted by Gasteiger charge is -2.40. The number of halogens is 5. The molecule has 0 aliphatic carbocycles. The Morgan fingerprint density at radius 3 is 2.33 bits per heavy atom. The second-order valence-corrected chi connectivity index (χ2v) is 10.1. The lowest BCUT2D eigenvalue weighted by Crippen LogP contribution is -2.06. The largest absolute Gasteiger partial charge is 0.487 e. The van der Waals surface area contributed by atoms with E-state index < -0.39 is 15.1 Å². The van der Waals surface area contributed by atoms with E-state index >= 15 is 0 Å². The summed E-state index contributed by atoms with van der Waals surface area (Å²) < 4.78 is 82.2.